The van der Waals surface area contributed by atoms with Crippen LogP contribution in [0, 0.1) is 5.41 Å². The van der Waals surface area contributed by atoms with Crippen LogP contribution in [0.4, 0.5) is 4.79 Å². The number of amides is 1. The number of rotatable bonds is 3. The van der Waals surface area contributed by atoms with E-state index in [1.807, 2.05) is 25.7 Å². The van der Waals surface area contributed by atoms with Gasteiger partial charge in [-0.3, -0.25) is 0 Å². The minimum Gasteiger partial charge on any atom is -0.444 e. The van der Waals surface area contributed by atoms with Gasteiger partial charge in [-0.15, -0.1) is 0 Å². The van der Waals surface area contributed by atoms with Crippen molar-refractivity contribution < 1.29 is 9.53 Å². The second-order valence-corrected chi connectivity index (χ2v) is 7.66. The zero-order valence-electron chi connectivity index (χ0n) is 13.8. The topological polar surface area (TPSA) is 41.6 Å². The normalized spacial score (nSPS) is 22.9. The summed E-state index contributed by atoms with van der Waals surface area (Å²) in [6.07, 6.45) is 2.05. The number of ether oxygens (including phenoxy) is 1. The van der Waals surface area contributed by atoms with Crippen molar-refractivity contribution in [2.24, 2.45) is 5.41 Å². The van der Waals surface area contributed by atoms with E-state index in [2.05, 4.69) is 35.6 Å². The molecule has 120 valence electrons. The maximum Gasteiger partial charge on any atom is 0.410 e. The van der Waals surface area contributed by atoms with E-state index in [0.29, 0.717) is 6.04 Å². The molecule has 3 rings (SSSR count). The fourth-order valence-electron chi connectivity index (χ4n) is 3.40. The quantitative estimate of drug-likeness (QED) is 0.933. The summed E-state index contributed by atoms with van der Waals surface area (Å²) in [5.41, 5.74) is 1.26. The molecule has 2 saturated heterocycles. The first-order chi connectivity index (χ1) is 10.4. The smallest absolute Gasteiger partial charge is 0.410 e. The molecule has 0 bridgehead atoms. The number of nitrogens with one attached hydrogen (secondary N) is 1. The minimum atomic E-state index is -0.412. The molecule has 0 aromatic heterocycles. The Labute approximate surface area is 132 Å². The molecule has 2 aliphatic heterocycles. The summed E-state index contributed by atoms with van der Waals surface area (Å²) in [6, 6.07) is 11.1. The van der Waals surface area contributed by atoms with Gasteiger partial charge in [-0.2, -0.15) is 0 Å². The Bertz CT molecular complexity index is 530. The van der Waals surface area contributed by atoms with E-state index in [4.69, 9.17) is 4.74 Å². The van der Waals surface area contributed by atoms with E-state index in [1.54, 1.807) is 0 Å². The van der Waals surface area contributed by atoms with Gasteiger partial charge in [0.2, 0.25) is 0 Å². The third-order valence-electron chi connectivity index (χ3n) is 4.67. The highest BCUT2D eigenvalue weighted by atomic mass is 16.6. The van der Waals surface area contributed by atoms with E-state index >= 15 is 0 Å². The lowest BCUT2D eigenvalue weighted by Gasteiger charge is -2.60. The van der Waals surface area contributed by atoms with E-state index < -0.39 is 5.60 Å². The van der Waals surface area contributed by atoms with Crippen molar-refractivity contribution in [2.45, 2.75) is 45.3 Å². The summed E-state index contributed by atoms with van der Waals surface area (Å²) < 4.78 is 5.43. The zero-order chi connectivity index (χ0) is 15.8. The van der Waals surface area contributed by atoms with Gasteiger partial charge in [0, 0.05) is 31.1 Å². The van der Waals surface area contributed by atoms with Gasteiger partial charge in [-0.1, -0.05) is 30.3 Å². The predicted molar refractivity (Wildman–Crippen MR) is 86.8 cm³/mol. The van der Waals surface area contributed by atoms with Crippen molar-refractivity contribution in [1.29, 1.82) is 0 Å². The Kier molecular flexibility index (Phi) is 3.89. The van der Waals surface area contributed by atoms with Gasteiger partial charge in [-0.25, -0.2) is 4.79 Å². The van der Waals surface area contributed by atoms with Gasteiger partial charge in [0.25, 0.3) is 0 Å². The Morgan fingerprint density at radius 1 is 1.32 bits per heavy atom. The molecule has 0 radical (unpaired) electrons. The van der Waals surface area contributed by atoms with Gasteiger partial charge >= 0.3 is 6.09 Å². The molecule has 0 saturated carbocycles. The molecule has 4 nitrogen and oxygen atoms in total. The monoisotopic (exact) mass is 302 g/mol. The lowest BCUT2D eigenvalue weighted by Crippen LogP contribution is -2.77. The molecule has 0 aliphatic carbocycles. The third-order valence-corrected chi connectivity index (χ3v) is 4.67. The molecule has 1 amide bonds. The van der Waals surface area contributed by atoms with Gasteiger partial charge in [0.1, 0.15) is 5.60 Å². The van der Waals surface area contributed by atoms with Crippen molar-refractivity contribution in [3.63, 3.8) is 0 Å². The first-order valence-electron chi connectivity index (χ1n) is 8.13. The van der Waals surface area contributed by atoms with E-state index in [9.17, 15) is 4.79 Å². The molecule has 22 heavy (non-hydrogen) atoms. The largest absolute Gasteiger partial charge is 0.444 e. The van der Waals surface area contributed by atoms with Crippen LogP contribution in [0.2, 0.25) is 0 Å². The number of aryl methyl sites for hydroxylation is 1. The highest BCUT2D eigenvalue weighted by molar-refractivity contribution is 5.69. The average Bonchev–Trinajstić information content (AvgIpc) is 2.35. The molecular weight excluding hydrogens is 276 g/mol. The number of carbonyl (C=O) groups is 1. The molecule has 1 aromatic rings. The summed E-state index contributed by atoms with van der Waals surface area (Å²) >= 11 is 0. The zero-order valence-corrected chi connectivity index (χ0v) is 13.8. The number of carbonyl (C=O) groups excluding carboxylic acids is 1. The summed E-state index contributed by atoms with van der Waals surface area (Å²) in [4.78, 5) is 13.9. The van der Waals surface area contributed by atoms with Crippen molar-refractivity contribution >= 4 is 6.09 Å². The van der Waals surface area contributed by atoms with Crippen molar-refractivity contribution in [3.8, 4) is 0 Å². The molecule has 1 unspecified atom stereocenters. The van der Waals surface area contributed by atoms with Crippen molar-refractivity contribution in [3.05, 3.63) is 35.9 Å². The third kappa shape index (κ3) is 3.12. The molecule has 1 atom stereocenters. The lowest BCUT2D eigenvalue weighted by atomic mass is 9.66. The van der Waals surface area contributed by atoms with Crippen molar-refractivity contribution in [2.75, 3.05) is 19.6 Å². The van der Waals surface area contributed by atoms with Crippen LogP contribution in [0.15, 0.2) is 30.3 Å². The van der Waals surface area contributed by atoms with Crippen LogP contribution in [-0.4, -0.2) is 42.3 Å². The van der Waals surface area contributed by atoms with Gasteiger partial charge < -0.3 is 15.0 Å². The van der Waals surface area contributed by atoms with Crippen LogP contribution in [-0.2, 0) is 11.2 Å². The molecule has 1 N–H and O–H groups in total. The van der Waals surface area contributed by atoms with E-state index in [0.717, 1.165) is 32.5 Å². The van der Waals surface area contributed by atoms with Crippen LogP contribution in [0.1, 0.15) is 32.8 Å². The van der Waals surface area contributed by atoms with Crippen LogP contribution in [0.25, 0.3) is 0 Å². The first kappa shape index (κ1) is 15.3. The summed E-state index contributed by atoms with van der Waals surface area (Å²) in [5, 5.41) is 3.54. The van der Waals surface area contributed by atoms with E-state index in [1.165, 1.54) is 5.56 Å². The molecule has 2 fully saturated rings. The molecule has 2 heterocycles. The highest BCUT2D eigenvalue weighted by Crippen LogP contribution is 2.41. The van der Waals surface area contributed by atoms with Crippen LogP contribution < -0.4 is 5.32 Å². The maximum atomic E-state index is 12.0. The molecule has 4 heteroatoms. The summed E-state index contributed by atoms with van der Waals surface area (Å²) in [7, 11) is 0. The van der Waals surface area contributed by atoms with Crippen LogP contribution in [0.5, 0.6) is 0 Å². The second kappa shape index (κ2) is 5.58. The number of hydrogen-bond donors (Lipinski definition) is 1. The van der Waals surface area contributed by atoms with Gasteiger partial charge in [-0.05, 0) is 39.2 Å². The molecular formula is C18H26N2O2. The van der Waals surface area contributed by atoms with E-state index in [-0.39, 0.29) is 11.5 Å². The van der Waals surface area contributed by atoms with Crippen LogP contribution in [0.3, 0.4) is 0 Å². The van der Waals surface area contributed by atoms with Crippen molar-refractivity contribution in [1.82, 2.24) is 10.2 Å². The summed E-state index contributed by atoms with van der Waals surface area (Å²) in [6.45, 7) is 8.41. The number of likely N-dealkylation sites (tertiary alicyclic amines) is 1. The fraction of sp³-hybridized carbons (Fsp3) is 0.611. The van der Waals surface area contributed by atoms with Gasteiger partial charge in [0.15, 0.2) is 0 Å². The Hall–Kier alpha value is -1.55. The number of benzene rings is 1. The average molecular weight is 302 g/mol. The predicted octanol–water partition coefficient (Wildman–Crippen LogP) is 2.83. The highest BCUT2D eigenvalue weighted by Gasteiger charge is 2.56. The SMILES string of the molecule is CC(C)(C)OC(=O)N1CC2(CNC2CCc2ccccc2)C1. The number of hydrogen-bond acceptors (Lipinski definition) is 3. The van der Waals surface area contributed by atoms with Crippen LogP contribution >= 0.6 is 0 Å². The first-order valence-corrected chi connectivity index (χ1v) is 8.13. The lowest BCUT2D eigenvalue weighted by molar-refractivity contribution is -0.0856. The molecule has 2 aliphatic rings. The Morgan fingerprint density at radius 2 is 2.00 bits per heavy atom. The number of nitrogens with zero attached hydrogens (tertiary/aromatic N) is 1. The second-order valence-electron chi connectivity index (χ2n) is 7.66. The Balaban J connectivity index is 1.47. The maximum absolute atomic E-state index is 12.0. The standard InChI is InChI=1S/C18H26N2O2/c1-17(2,3)22-16(21)20-12-18(13-20)11-19-15(18)10-9-14-7-5-4-6-8-14/h4-8,15,19H,9-13H2,1-3H3. The minimum absolute atomic E-state index is 0.174. The fourth-order valence-corrected chi connectivity index (χ4v) is 3.40. The Morgan fingerprint density at radius 3 is 2.55 bits per heavy atom. The summed E-state index contributed by atoms with van der Waals surface area (Å²) in [5.74, 6) is 0. The molecule has 1 aromatic carbocycles. The molecule has 1 spiro atoms. The van der Waals surface area contributed by atoms with Gasteiger partial charge in [0.05, 0.1) is 0 Å².